The van der Waals surface area contributed by atoms with Crippen molar-refractivity contribution in [3.63, 3.8) is 0 Å². The number of hydrogen-bond acceptors (Lipinski definition) is 7. The number of para-hydroxylation sites is 1. The molecule has 7 heteroatoms. The minimum atomic E-state index is 0.462. The molecule has 11 rings (SSSR count). The molecule has 0 radical (unpaired) electrons. The van der Waals surface area contributed by atoms with Crippen molar-refractivity contribution < 1.29 is 0 Å². The molecule has 5 aromatic heterocycles. The molecule has 5 heterocycles. The van der Waals surface area contributed by atoms with Gasteiger partial charge >= 0.3 is 0 Å². The van der Waals surface area contributed by atoms with E-state index in [-0.39, 0.29) is 0 Å². The van der Waals surface area contributed by atoms with Crippen LogP contribution in [-0.4, -0.2) is 34.9 Å². The van der Waals surface area contributed by atoms with E-state index in [9.17, 15) is 0 Å². The molecular weight excluding hydrogens is 663 g/mol. The van der Waals surface area contributed by atoms with Crippen molar-refractivity contribution in [1.29, 1.82) is 0 Å². The maximum atomic E-state index is 5.28. The molecule has 0 atom stereocenters. The van der Waals surface area contributed by atoms with Gasteiger partial charge < -0.3 is 0 Å². The highest BCUT2D eigenvalue weighted by molar-refractivity contribution is 6.23. The van der Waals surface area contributed by atoms with Gasteiger partial charge in [-0.3, -0.25) is 15.0 Å². The van der Waals surface area contributed by atoms with Gasteiger partial charge in [-0.25, -0.2) is 19.9 Å². The van der Waals surface area contributed by atoms with Gasteiger partial charge in [-0.15, -0.1) is 0 Å². The zero-order chi connectivity index (χ0) is 35.6. The smallest absolute Gasteiger partial charge is 0.183 e. The van der Waals surface area contributed by atoms with Crippen LogP contribution in [0.15, 0.2) is 164 Å². The molecule has 250 valence electrons. The third-order valence-corrected chi connectivity index (χ3v) is 10.3. The topological polar surface area (TPSA) is 90.2 Å². The van der Waals surface area contributed by atoms with Gasteiger partial charge in [-0.1, -0.05) is 127 Å². The Morgan fingerprint density at radius 3 is 1.48 bits per heavy atom. The molecule has 0 aliphatic carbocycles. The lowest BCUT2D eigenvalue weighted by Gasteiger charge is -2.15. The van der Waals surface area contributed by atoms with Crippen LogP contribution in [0, 0.1) is 0 Å². The fourth-order valence-electron chi connectivity index (χ4n) is 7.77. The van der Waals surface area contributed by atoms with Crippen LogP contribution in [0.25, 0.3) is 111 Å². The molecule has 11 aromatic rings. The minimum absolute atomic E-state index is 0.462. The van der Waals surface area contributed by atoms with Crippen molar-refractivity contribution in [2.24, 2.45) is 0 Å². The van der Waals surface area contributed by atoms with Crippen LogP contribution >= 0.6 is 0 Å². The van der Waals surface area contributed by atoms with Gasteiger partial charge in [0, 0.05) is 56.5 Å². The summed E-state index contributed by atoms with van der Waals surface area (Å²) >= 11 is 0. The molecular formula is C47H27N7. The average Bonchev–Trinajstić information content (AvgIpc) is 3.25. The summed E-state index contributed by atoms with van der Waals surface area (Å²) in [6.45, 7) is 0. The molecule has 0 aliphatic heterocycles. The van der Waals surface area contributed by atoms with Crippen molar-refractivity contribution >= 4 is 64.8 Å². The predicted octanol–water partition coefficient (Wildman–Crippen LogP) is 11.0. The van der Waals surface area contributed by atoms with Crippen molar-refractivity contribution in [2.45, 2.75) is 0 Å². The summed E-state index contributed by atoms with van der Waals surface area (Å²) in [5.41, 5.74) is 4.66. The van der Waals surface area contributed by atoms with E-state index in [0.717, 1.165) is 65.6 Å². The summed E-state index contributed by atoms with van der Waals surface area (Å²) < 4.78 is 0. The van der Waals surface area contributed by atoms with E-state index in [1.54, 1.807) is 12.4 Å². The predicted molar refractivity (Wildman–Crippen MR) is 218 cm³/mol. The maximum absolute atomic E-state index is 5.28. The minimum Gasteiger partial charge on any atom is -0.253 e. The molecule has 0 fully saturated rings. The fraction of sp³-hybridized carbons (Fsp3) is 0. The number of hydrogen-bond donors (Lipinski definition) is 0. The number of rotatable bonds is 4. The van der Waals surface area contributed by atoms with Gasteiger partial charge in [0.15, 0.2) is 17.5 Å². The summed E-state index contributed by atoms with van der Waals surface area (Å²) in [6.07, 6.45) is 5.47. The Kier molecular flexibility index (Phi) is 6.72. The van der Waals surface area contributed by atoms with Crippen LogP contribution in [0.3, 0.4) is 0 Å². The Bertz CT molecular complexity index is 3180. The van der Waals surface area contributed by atoms with Gasteiger partial charge in [0.25, 0.3) is 0 Å². The van der Waals surface area contributed by atoms with Gasteiger partial charge in [0.05, 0.1) is 16.9 Å². The van der Waals surface area contributed by atoms with Crippen LogP contribution in [0.1, 0.15) is 0 Å². The van der Waals surface area contributed by atoms with Crippen LogP contribution in [0.4, 0.5) is 0 Å². The van der Waals surface area contributed by atoms with E-state index in [0.29, 0.717) is 28.9 Å². The third-order valence-electron chi connectivity index (χ3n) is 10.3. The first kappa shape index (κ1) is 30.1. The quantitative estimate of drug-likeness (QED) is 0.170. The van der Waals surface area contributed by atoms with E-state index in [1.165, 1.54) is 16.2 Å². The number of aromatic nitrogens is 7. The zero-order valence-electron chi connectivity index (χ0n) is 28.7. The molecule has 54 heavy (non-hydrogen) atoms. The highest BCUT2D eigenvalue weighted by Gasteiger charge is 2.21. The van der Waals surface area contributed by atoms with Crippen molar-refractivity contribution in [2.75, 3.05) is 0 Å². The van der Waals surface area contributed by atoms with Gasteiger partial charge in [0.1, 0.15) is 11.4 Å². The summed E-state index contributed by atoms with van der Waals surface area (Å²) in [5.74, 6) is 1.41. The van der Waals surface area contributed by atoms with Crippen molar-refractivity contribution in [3.8, 4) is 45.8 Å². The highest BCUT2D eigenvalue weighted by Crippen LogP contribution is 2.40. The van der Waals surface area contributed by atoms with Crippen molar-refractivity contribution in [3.05, 3.63) is 164 Å². The summed E-state index contributed by atoms with van der Waals surface area (Å²) in [7, 11) is 0. The van der Waals surface area contributed by atoms with Gasteiger partial charge in [-0.05, 0) is 45.1 Å². The molecule has 6 aromatic carbocycles. The molecule has 0 N–H and O–H groups in total. The van der Waals surface area contributed by atoms with E-state index >= 15 is 0 Å². The molecule has 0 unspecified atom stereocenters. The van der Waals surface area contributed by atoms with Gasteiger partial charge in [0.2, 0.25) is 0 Å². The normalized spacial score (nSPS) is 11.7. The molecule has 0 aliphatic rings. The molecule has 0 spiro atoms. The molecule has 0 bridgehead atoms. The van der Waals surface area contributed by atoms with Crippen LogP contribution in [0.5, 0.6) is 0 Å². The Balaban J connectivity index is 1.19. The number of fused-ring (bicyclic) bond motifs is 8. The second-order valence-corrected chi connectivity index (χ2v) is 13.3. The largest absolute Gasteiger partial charge is 0.253 e. The molecule has 0 saturated carbocycles. The first-order chi connectivity index (χ1) is 26.8. The SMILES string of the molecule is c1ccc2c(-c3nc(-c4nccc5ccccc45)nc(-c4cnc(-c5nc6ccccc6c6c5ccc5ccccc56)c5ccccc45)n3)nccc2c1. The number of nitrogens with zero attached hydrogens (tertiary/aromatic N) is 7. The average molecular weight is 690 g/mol. The Morgan fingerprint density at radius 1 is 0.296 bits per heavy atom. The lowest BCUT2D eigenvalue weighted by atomic mass is 9.95. The fourth-order valence-corrected chi connectivity index (χ4v) is 7.77. The second-order valence-electron chi connectivity index (χ2n) is 13.3. The second kappa shape index (κ2) is 12.0. The van der Waals surface area contributed by atoms with Crippen molar-refractivity contribution in [1.82, 2.24) is 34.9 Å². The monoisotopic (exact) mass is 689 g/mol. The number of benzene rings is 6. The highest BCUT2D eigenvalue weighted by atomic mass is 15.1. The first-order valence-electron chi connectivity index (χ1n) is 17.8. The summed E-state index contributed by atoms with van der Waals surface area (Å²) in [5, 5.41) is 11.6. The first-order valence-corrected chi connectivity index (χ1v) is 17.8. The van der Waals surface area contributed by atoms with Crippen LogP contribution in [-0.2, 0) is 0 Å². The summed E-state index contributed by atoms with van der Waals surface area (Å²) in [6, 6.07) is 49.8. The number of pyridine rings is 4. The van der Waals surface area contributed by atoms with Crippen LogP contribution in [0.2, 0.25) is 0 Å². The third kappa shape index (κ3) is 4.72. The van der Waals surface area contributed by atoms with E-state index in [1.807, 2.05) is 72.9 Å². The Labute approximate surface area is 308 Å². The standard InChI is InChI=1S/C47H27N7/c1-4-14-31-28(11-1)21-22-37-40(31)36-19-9-10-20-39(36)51-42(37)41-35-18-8-7-17-34(35)38(27-50-41)45-52-46(43-32-15-5-2-12-29(32)23-25-48-43)54-47(53-45)44-33-16-6-3-13-30(33)24-26-49-44/h1-27H. The molecule has 0 amide bonds. The summed E-state index contributed by atoms with van der Waals surface area (Å²) in [4.78, 5) is 35.4. The van der Waals surface area contributed by atoms with E-state index in [2.05, 4.69) is 78.9 Å². The van der Waals surface area contributed by atoms with Crippen LogP contribution < -0.4 is 0 Å². The lowest BCUT2D eigenvalue weighted by molar-refractivity contribution is 1.05. The Morgan fingerprint density at radius 2 is 0.815 bits per heavy atom. The van der Waals surface area contributed by atoms with E-state index in [4.69, 9.17) is 34.9 Å². The molecule has 7 nitrogen and oxygen atoms in total. The molecule has 0 saturated heterocycles. The van der Waals surface area contributed by atoms with E-state index < -0.39 is 0 Å². The van der Waals surface area contributed by atoms with Gasteiger partial charge in [-0.2, -0.15) is 0 Å². The zero-order valence-corrected chi connectivity index (χ0v) is 28.7. The lowest BCUT2D eigenvalue weighted by Crippen LogP contribution is -2.04. The Hall–Kier alpha value is -7.51. The maximum Gasteiger partial charge on any atom is 0.183 e.